The van der Waals surface area contributed by atoms with Crippen molar-refractivity contribution in [3.63, 3.8) is 0 Å². The number of hydrogen-bond donors (Lipinski definition) is 4. The van der Waals surface area contributed by atoms with Gasteiger partial charge in [-0.15, -0.1) is 0 Å². The molecule has 24 heavy (non-hydrogen) atoms. The Labute approximate surface area is 139 Å². The molecule has 130 valence electrons. The van der Waals surface area contributed by atoms with Gasteiger partial charge in [-0.3, -0.25) is 4.79 Å². The Morgan fingerprint density at radius 2 is 1.83 bits per heavy atom. The van der Waals surface area contributed by atoms with Crippen LogP contribution in [0.3, 0.4) is 0 Å². The van der Waals surface area contributed by atoms with Crippen molar-refractivity contribution in [2.75, 3.05) is 11.9 Å². The van der Waals surface area contributed by atoms with Crippen LogP contribution < -0.4 is 16.1 Å². The van der Waals surface area contributed by atoms with Crippen molar-refractivity contribution in [2.24, 2.45) is 5.10 Å². The van der Waals surface area contributed by atoms with E-state index in [0.29, 0.717) is 11.3 Å². The standard InChI is InChI=1S/C15H20N4O5/c1-15(2,3)24-14(23)19-17-8-10-4-6-11(7-5-10)18-13(22)16-9-12(20)21/h4-8H,9H2,1-3H3,(H,19,23)(H,20,21)(H2,16,18,22). The number of carboxylic acids is 1. The fraction of sp³-hybridized carbons (Fsp3) is 0.333. The van der Waals surface area contributed by atoms with Crippen LogP contribution in [0.4, 0.5) is 15.3 Å². The van der Waals surface area contributed by atoms with E-state index in [1.54, 1.807) is 45.0 Å². The highest BCUT2D eigenvalue weighted by Gasteiger charge is 2.15. The largest absolute Gasteiger partial charge is 0.480 e. The summed E-state index contributed by atoms with van der Waals surface area (Å²) < 4.78 is 5.02. The second-order valence-electron chi connectivity index (χ2n) is 5.70. The van der Waals surface area contributed by atoms with E-state index in [2.05, 4.69) is 21.2 Å². The molecule has 0 saturated heterocycles. The highest BCUT2D eigenvalue weighted by molar-refractivity contribution is 5.91. The third-order valence-corrected chi connectivity index (χ3v) is 2.34. The van der Waals surface area contributed by atoms with Gasteiger partial charge in [-0.2, -0.15) is 5.10 Å². The Hall–Kier alpha value is -3.10. The molecule has 9 heteroatoms. The Balaban J connectivity index is 2.47. The summed E-state index contributed by atoms with van der Waals surface area (Å²) in [5, 5.41) is 16.9. The normalized spacial score (nSPS) is 11.0. The molecule has 0 aliphatic heterocycles. The van der Waals surface area contributed by atoms with Gasteiger partial charge in [0.2, 0.25) is 0 Å². The predicted octanol–water partition coefficient (Wildman–Crippen LogP) is 1.75. The minimum absolute atomic E-state index is 0.465. The van der Waals surface area contributed by atoms with Gasteiger partial charge in [-0.25, -0.2) is 15.0 Å². The SMILES string of the molecule is CC(C)(C)OC(=O)NN=Cc1ccc(NC(=O)NCC(=O)O)cc1. The molecule has 9 nitrogen and oxygen atoms in total. The van der Waals surface area contributed by atoms with Crippen molar-refractivity contribution < 1.29 is 24.2 Å². The van der Waals surface area contributed by atoms with Crippen molar-refractivity contribution >= 4 is 30.0 Å². The molecule has 0 bridgehead atoms. The van der Waals surface area contributed by atoms with Crippen molar-refractivity contribution in [2.45, 2.75) is 26.4 Å². The number of urea groups is 1. The monoisotopic (exact) mass is 336 g/mol. The average Bonchev–Trinajstić information content (AvgIpc) is 2.45. The first-order valence-electron chi connectivity index (χ1n) is 7.04. The summed E-state index contributed by atoms with van der Waals surface area (Å²) in [6, 6.07) is 5.91. The molecule has 1 aromatic carbocycles. The molecule has 1 aromatic rings. The first kappa shape index (κ1) is 18.9. The quantitative estimate of drug-likeness (QED) is 0.481. The summed E-state index contributed by atoms with van der Waals surface area (Å²) in [6.45, 7) is 4.77. The minimum Gasteiger partial charge on any atom is -0.480 e. The topological polar surface area (TPSA) is 129 Å². The molecule has 0 radical (unpaired) electrons. The van der Waals surface area contributed by atoms with Crippen molar-refractivity contribution in [3.8, 4) is 0 Å². The first-order chi connectivity index (χ1) is 11.2. The number of carboxylic acid groups (broad SMARTS) is 1. The number of amides is 3. The smallest absolute Gasteiger partial charge is 0.428 e. The molecule has 0 spiro atoms. The molecule has 0 heterocycles. The summed E-state index contributed by atoms with van der Waals surface area (Å²) >= 11 is 0. The fourth-order valence-corrected chi connectivity index (χ4v) is 1.44. The predicted molar refractivity (Wildman–Crippen MR) is 88.1 cm³/mol. The van der Waals surface area contributed by atoms with Gasteiger partial charge in [0.1, 0.15) is 12.1 Å². The second-order valence-corrected chi connectivity index (χ2v) is 5.70. The highest BCUT2D eigenvalue weighted by atomic mass is 16.6. The van der Waals surface area contributed by atoms with Crippen LogP contribution in [0.15, 0.2) is 29.4 Å². The summed E-state index contributed by atoms with van der Waals surface area (Å²) in [5.41, 5.74) is 2.80. The van der Waals surface area contributed by atoms with E-state index >= 15 is 0 Å². The minimum atomic E-state index is -1.13. The summed E-state index contributed by atoms with van der Waals surface area (Å²) in [6.07, 6.45) is 0.755. The Morgan fingerprint density at radius 1 is 1.21 bits per heavy atom. The van der Waals surface area contributed by atoms with Crippen molar-refractivity contribution in [1.29, 1.82) is 0 Å². The maximum absolute atomic E-state index is 11.4. The first-order valence-corrected chi connectivity index (χ1v) is 7.04. The highest BCUT2D eigenvalue weighted by Crippen LogP contribution is 2.08. The lowest BCUT2D eigenvalue weighted by Gasteiger charge is -2.18. The molecule has 1 rings (SSSR count). The zero-order valence-electron chi connectivity index (χ0n) is 13.6. The number of carbonyl (C=O) groups is 3. The lowest BCUT2D eigenvalue weighted by molar-refractivity contribution is -0.135. The number of benzene rings is 1. The van der Waals surface area contributed by atoms with E-state index in [4.69, 9.17) is 9.84 Å². The number of hydrazone groups is 1. The number of nitrogens with zero attached hydrogens (tertiary/aromatic N) is 1. The molecule has 0 aromatic heterocycles. The van der Waals surface area contributed by atoms with E-state index in [1.165, 1.54) is 6.21 Å². The maximum Gasteiger partial charge on any atom is 0.428 e. The Bertz CT molecular complexity index is 620. The van der Waals surface area contributed by atoms with Gasteiger partial charge in [0.05, 0.1) is 6.21 Å². The van der Waals surface area contributed by atoms with Crippen LogP contribution in [-0.4, -0.2) is 41.6 Å². The lowest BCUT2D eigenvalue weighted by atomic mass is 10.2. The number of carbonyl (C=O) groups excluding carboxylic acids is 2. The molecule has 0 unspecified atom stereocenters. The number of ether oxygens (including phenoxy) is 1. The molecule has 0 atom stereocenters. The van der Waals surface area contributed by atoms with Crippen LogP contribution in [0.5, 0.6) is 0 Å². The molecule has 0 fully saturated rings. The van der Waals surface area contributed by atoms with Crippen LogP contribution in [-0.2, 0) is 9.53 Å². The van der Waals surface area contributed by atoms with E-state index < -0.39 is 30.2 Å². The molecular weight excluding hydrogens is 316 g/mol. The van der Waals surface area contributed by atoms with E-state index in [9.17, 15) is 14.4 Å². The number of hydrogen-bond acceptors (Lipinski definition) is 5. The van der Waals surface area contributed by atoms with Crippen LogP contribution in [0.2, 0.25) is 0 Å². The Kier molecular flexibility index (Phi) is 6.72. The van der Waals surface area contributed by atoms with Crippen molar-refractivity contribution in [1.82, 2.24) is 10.7 Å². The number of aliphatic carboxylic acids is 1. The van der Waals surface area contributed by atoms with E-state index in [-0.39, 0.29) is 0 Å². The molecule has 0 aliphatic carbocycles. The third kappa shape index (κ3) is 8.37. The fourth-order valence-electron chi connectivity index (χ4n) is 1.44. The lowest BCUT2D eigenvalue weighted by Crippen LogP contribution is -2.33. The average molecular weight is 336 g/mol. The summed E-state index contributed by atoms with van der Waals surface area (Å²) in [4.78, 5) is 33.1. The number of anilines is 1. The van der Waals surface area contributed by atoms with Crippen LogP contribution in [0.25, 0.3) is 0 Å². The zero-order chi connectivity index (χ0) is 18.2. The molecular formula is C15H20N4O5. The maximum atomic E-state index is 11.4. The van der Waals surface area contributed by atoms with Crippen molar-refractivity contribution in [3.05, 3.63) is 29.8 Å². The van der Waals surface area contributed by atoms with Gasteiger partial charge in [0.15, 0.2) is 0 Å². The van der Waals surface area contributed by atoms with Gasteiger partial charge in [-0.05, 0) is 38.5 Å². The van der Waals surface area contributed by atoms with Gasteiger partial charge in [0.25, 0.3) is 0 Å². The van der Waals surface area contributed by atoms with Gasteiger partial charge >= 0.3 is 18.1 Å². The Morgan fingerprint density at radius 3 is 2.38 bits per heavy atom. The van der Waals surface area contributed by atoms with Crippen LogP contribution >= 0.6 is 0 Å². The third-order valence-electron chi connectivity index (χ3n) is 2.34. The summed E-state index contributed by atoms with van der Waals surface area (Å²) in [5.74, 6) is -1.13. The number of nitrogens with one attached hydrogen (secondary N) is 3. The second kappa shape index (κ2) is 8.51. The van der Waals surface area contributed by atoms with Gasteiger partial charge in [0, 0.05) is 5.69 Å². The molecule has 3 amide bonds. The molecule has 0 saturated carbocycles. The molecule has 0 aliphatic rings. The number of rotatable bonds is 5. The van der Waals surface area contributed by atoms with E-state index in [1.807, 2.05) is 0 Å². The van der Waals surface area contributed by atoms with E-state index in [0.717, 1.165) is 0 Å². The summed E-state index contributed by atoms with van der Waals surface area (Å²) in [7, 11) is 0. The molecule has 4 N–H and O–H groups in total. The zero-order valence-corrected chi connectivity index (χ0v) is 13.6. The van der Waals surface area contributed by atoms with Gasteiger partial charge in [-0.1, -0.05) is 12.1 Å². The van der Waals surface area contributed by atoms with Crippen LogP contribution in [0.1, 0.15) is 26.3 Å². The van der Waals surface area contributed by atoms with Crippen LogP contribution in [0, 0.1) is 0 Å². The van der Waals surface area contributed by atoms with Gasteiger partial charge < -0.3 is 20.5 Å².